The number of urea groups is 1. The maximum absolute atomic E-state index is 12.9. The van der Waals surface area contributed by atoms with Gasteiger partial charge in [-0.15, -0.1) is 0 Å². The minimum atomic E-state index is -5.59. The zero-order chi connectivity index (χ0) is 31.9. The SMILES string of the molecule is NCCCP(=O)(O)OP(=O)(O)OP(=O)(O)OC[C@H]1O[C@@H](N2C=C3C=C(c4ccc5ccccc5c4)OC3NC2=O)C(O)C1O. The molecule has 3 aliphatic heterocycles. The molecular formula is C24H30N3O14P3. The molecule has 44 heavy (non-hydrogen) atoms. The summed E-state index contributed by atoms with van der Waals surface area (Å²) in [5, 5.41) is 25.7. The van der Waals surface area contributed by atoms with Crippen LogP contribution < -0.4 is 11.1 Å². The fourth-order valence-electron chi connectivity index (χ4n) is 4.69. The second kappa shape index (κ2) is 12.7. The molecule has 3 aliphatic rings. The molecule has 0 aromatic heterocycles. The third-order valence-corrected chi connectivity index (χ3v) is 11.6. The first-order valence-corrected chi connectivity index (χ1v) is 17.9. The van der Waals surface area contributed by atoms with Crippen LogP contribution in [0.1, 0.15) is 12.0 Å². The van der Waals surface area contributed by atoms with E-state index < -0.39 is 72.8 Å². The molecule has 0 bridgehead atoms. The topological polar surface area (TPSA) is 257 Å². The highest BCUT2D eigenvalue weighted by atomic mass is 31.3. The second-order valence-corrected chi connectivity index (χ2v) is 15.2. The summed E-state index contributed by atoms with van der Waals surface area (Å²) in [6, 6.07) is 12.7. The van der Waals surface area contributed by atoms with Crippen LogP contribution >= 0.6 is 23.2 Å². The van der Waals surface area contributed by atoms with E-state index in [2.05, 4.69) is 18.5 Å². The van der Waals surface area contributed by atoms with Gasteiger partial charge in [0.25, 0.3) is 0 Å². The lowest BCUT2D eigenvalue weighted by Gasteiger charge is -2.33. The number of phosphoric ester groups is 1. The highest BCUT2D eigenvalue weighted by molar-refractivity contribution is 7.68. The number of nitrogens with one attached hydrogen (secondary N) is 1. The van der Waals surface area contributed by atoms with Gasteiger partial charge in [-0.2, -0.15) is 4.31 Å². The van der Waals surface area contributed by atoms with E-state index in [-0.39, 0.29) is 13.0 Å². The van der Waals surface area contributed by atoms with Gasteiger partial charge < -0.3 is 40.1 Å². The molecule has 3 heterocycles. The molecule has 20 heteroatoms. The quantitative estimate of drug-likeness (QED) is 0.158. The van der Waals surface area contributed by atoms with Gasteiger partial charge in [0, 0.05) is 17.3 Å². The Morgan fingerprint density at radius 1 is 0.977 bits per heavy atom. The van der Waals surface area contributed by atoms with Gasteiger partial charge in [0.1, 0.15) is 24.1 Å². The zero-order valence-electron chi connectivity index (χ0n) is 22.7. The molecule has 8 atom stereocenters. The van der Waals surface area contributed by atoms with E-state index in [0.717, 1.165) is 21.2 Å². The van der Waals surface area contributed by atoms with E-state index in [1.165, 1.54) is 6.20 Å². The Labute approximate surface area is 250 Å². The van der Waals surface area contributed by atoms with Gasteiger partial charge in [-0.3, -0.25) is 19.3 Å². The molecule has 2 aromatic rings. The maximum atomic E-state index is 12.9. The van der Waals surface area contributed by atoms with E-state index in [0.29, 0.717) is 11.3 Å². The summed E-state index contributed by atoms with van der Waals surface area (Å²) >= 11 is 0. The van der Waals surface area contributed by atoms with Gasteiger partial charge in [-0.1, -0.05) is 36.4 Å². The van der Waals surface area contributed by atoms with Crippen molar-refractivity contribution in [2.24, 2.45) is 5.73 Å². The van der Waals surface area contributed by atoms with E-state index in [9.17, 15) is 43.4 Å². The van der Waals surface area contributed by atoms with Crippen LogP contribution in [0.2, 0.25) is 0 Å². The van der Waals surface area contributed by atoms with Crippen LogP contribution in [0.4, 0.5) is 4.79 Å². The number of ether oxygens (including phenoxy) is 2. The summed E-state index contributed by atoms with van der Waals surface area (Å²) in [6.45, 7) is -1.01. The maximum Gasteiger partial charge on any atom is 0.488 e. The third kappa shape index (κ3) is 7.49. The molecule has 5 rings (SSSR count). The summed E-state index contributed by atoms with van der Waals surface area (Å²) < 4.78 is 60.4. The van der Waals surface area contributed by atoms with Crippen LogP contribution in [0.15, 0.2) is 60.3 Å². The summed E-state index contributed by atoms with van der Waals surface area (Å²) in [5.74, 6) is 0.481. The minimum Gasteiger partial charge on any atom is -0.466 e. The first-order chi connectivity index (χ1) is 20.7. The Hall–Kier alpha value is -2.46. The van der Waals surface area contributed by atoms with Crippen LogP contribution in [-0.2, 0) is 36.3 Å². The predicted molar refractivity (Wildman–Crippen MR) is 152 cm³/mol. The Bertz CT molecular complexity index is 1640. The van der Waals surface area contributed by atoms with Crippen molar-refractivity contribution in [1.29, 1.82) is 0 Å². The van der Waals surface area contributed by atoms with Crippen molar-refractivity contribution in [3.8, 4) is 0 Å². The Morgan fingerprint density at radius 3 is 2.43 bits per heavy atom. The lowest BCUT2D eigenvalue weighted by atomic mass is 10.1. The number of hydrogen-bond acceptors (Lipinski definition) is 12. The number of amides is 2. The number of hydrogen-bond donors (Lipinski definition) is 7. The number of nitrogens with two attached hydrogens (primary N) is 1. The average molecular weight is 677 g/mol. The van der Waals surface area contributed by atoms with Crippen LogP contribution in [-0.4, -0.2) is 85.9 Å². The van der Waals surface area contributed by atoms with Gasteiger partial charge >= 0.3 is 29.3 Å². The fraction of sp³-hybridized carbons (Fsp3) is 0.375. The van der Waals surface area contributed by atoms with Gasteiger partial charge in [-0.05, 0) is 35.9 Å². The lowest BCUT2D eigenvalue weighted by Crippen LogP contribution is -2.54. The summed E-state index contributed by atoms with van der Waals surface area (Å²) in [5.41, 5.74) is 6.47. The van der Waals surface area contributed by atoms with Gasteiger partial charge in [-0.25, -0.2) is 18.2 Å². The van der Waals surface area contributed by atoms with Crippen molar-refractivity contribution in [2.75, 3.05) is 19.3 Å². The molecule has 6 unspecified atom stereocenters. The number of carbonyl (C=O) groups is 1. The van der Waals surface area contributed by atoms with Gasteiger partial charge in [0.2, 0.25) is 6.23 Å². The molecule has 1 saturated heterocycles. The third-order valence-electron chi connectivity index (χ3n) is 6.75. The Morgan fingerprint density at radius 2 is 1.70 bits per heavy atom. The zero-order valence-corrected chi connectivity index (χ0v) is 25.4. The van der Waals surface area contributed by atoms with E-state index in [1.807, 2.05) is 42.5 Å². The molecule has 2 amide bonds. The molecule has 0 spiro atoms. The number of aliphatic hydroxyl groups is 2. The number of benzene rings is 2. The molecular weight excluding hydrogens is 647 g/mol. The molecule has 240 valence electrons. The Kier molecular flexibility index (Phi) is 9.53. The first kappa shape index (κ1) is 32.9. The second-order valence-electron chi connectivity index (χ2n) is 10.0. The van der Waals surface area contributed by atoms with Crippen molar-refractivity contribution in [2.45, 2.75) is 37.2 Å². The highest BCUT2D eigenvalue weighted by Crippen LogP contribution is 2.67. The summed E-state index contributed by atoms with van der Waals surface area (Å²) in [4.78, 5) is 43.0. The van der Waals surface area contributed by atoms with Gasteiger partial charge in [0.05, 0.1) is 12.8 Å². The summed E-state index contributed by atoms with van der Waals surface area (Å²) in [7, 11) is -15.7. The van der Waals surface area contributed by atoms with Crippen LogP contribution in [0, 0.1) is 0 Å². The van der Waals surface area contributed by atoms with E-state index in [1.54, 1.807) is 6.08 Å². The van der Waals surface area contributed by atoms with Crippen LogP contribution in [0.25, 0.3) is 16.5 Å². The standard InChI is InChI=1S/C24H30N3O14P3/c25-8-3-9-42(31,32)40-44(35,36)41-43(33,34)37-13-19-20(28)21(29)23(39-19)27-12-17-11-18(38-22(17)26-24(27)30)16-7-6-14-4-1-2-5-15(14)10-16/h1-2,4-7,10-12,19-23,28-29H,3,8-9,13,25H2,(H,26,30)(H,31,32)(H,33,34)(H,35,36)/t19-,20?,21?,22?,23-/m1/s1. The number of carbonyl (C=O) groups excluding carboxylic acids is 1. The number of fused-ring (bicyclic) bond motifs is 2. The van der Waals surface area contributed by atoms with Gasteiger partial charge in [0.15, 0.2) is 6.23 Å². The average Bonchev–Trinajstić information content (AvgIpc) is 3.48. The largest absolute Gasteiger partial charge is 0.488 e. The van der Waals surface area contributed by atoms with Crippen molar-refractivity contribution >= 4 is 45.8 Å². The van der Waals surface area contributed by atoms with E-state index >= 15 is 0 Å². The minimum absolute atomic E-state index is 0.0315. The monoisotopic (exact) mass is 677 g/mol. The number of aliphatic hydroxyl groups excluding tert-OH is 2. The van der Waals surface area contributed by atoms with Crippen molar-refractivity contribution in [1.82, 2.24) is 10.2 Å². The molecule has 8 N–H and O–H groups in total. The van der Waals surface area contributed by atoms with Crippen LogP contribution in [0.5, 0.6) is 0 Å². The Balaban J connectivity index is 1.23. The number of nitrogens with zero attached hydrogens (tertiary/aromatic N) is 1. The predicted octanol–water partition coefficient (Wildman–Crippen LogP) is 1.68. The number of rotatable bonds is 12. The van der Waals surface area contributed by atoms with E-state index in [4.69, 9.17) is 15.2 Å². The molecule has 17 nitrogen and oxygen atoms in total. The fourth-order valence-corrected chi connectivity index (χ4v) is 8.84. The van der Waals surface area contributed by atoms with Crippen molar-refractivity contribution < 1.29 is 66.0 Å². The molecule has 0 aliphatic carbocycles. The first-order valence-electron chi connectivity index (χ1n) is 13.1. The molecule has 0 saturated carbocycles. The highest BCUT2D eigenvalue weighted by Gasteiger charge is 2.50. The lowest BCUT2D eigenvalue weighted by molar-refractivity contribution is -0.0671. The van der Waals surface area contributed by atoms with Crippen molar-refractivity contribution in [3.63, 3.8) is 0 Å². The van der Waals surface area contributed by atoms with Crippen molar-refractivity contribution in [3.05, 3.63) is 65.9 Å². The number of phosphoric acid groups is 2. The smallest absolute Gasteiger partial charge is 0.466 e. The molecule has 0 radical (unpaired) electrons. The molecule has 1 fully saturated rings. The summed E-state index contributed by atoms with van der Waals surface area (Å²) in [6.07, 6.45) is -4.94. The molecule has 2 aromatic carbocycles. The van der Waals surface area contributed by atoms with Crippen LogP contribution in [0.3, 0.4) is 0 Å². The normalized spacial score (nSPS) is 29.1.